The topological polar surface area (TPSA) is 52.3 Å². The minimum atomic E-state index is -0.213. The van der Waals surface area contributed by atoms with E-state index in [-0.39, 0.29) is 24.0 Å². The Bertz CT molecular complexity index is 132. The fourth-order valence-electron chi connectivity index (χ4n) is 0.554. The van der Waals surface area contributed by atoms with Crippen molar-refractivity contribution in [3.63, 3.8) is 0 Å². The normalized spacial score (nSPS) is 16.2. The molecule has 0 fully saturated rings. The van der Waals surface area contributed by atoms with Crippen LogP contribution in [0.4, 0.5) is 0 Å². The zero-order valence-corrected chi connectivity index (χ0v) is 7.63. The molecule has 0 bridgehead atoms. The molecule has 0 saturated carbocycles. The van der Waals surface area contributed by atoms with Crippen molar-refractivity contribution in [2.75, 3.05) is 0 Å². The van der Waals surface area contributed by atoms with Crippen molar-refractivity contribution in [3.05, 3.63) is 0 Å². The number of hydrogen-bond acceptors (Lipinski definition) is 3. The molecule has 3 nitrogen and oxygen atoms in total. The van der Waals surface area contributed by atoms with E-state index in [9.17, 15) is 4.79 Å². The fraction of sp³-hybridized carbons (Fsp3) is 0.875. The minimum absolute atomic E-state index is 0.0521. The monoisotopic (exact) mass is 159 g/mol. The van der Waals surface area contributed by atoms with Crippen molar-refractivity contribution in [2.45, 2.75) is 39.8 Å². The molecule has 0 aromatic carbocycles. The van der Waals surface area contributed by atoms with Crippen LogP contribution in [0.5, 0.6) is 0 Å². The first-order valence-electron chi connectivity index (χ1n) is 3.91. The molecule has 0 aliphatic heterocycles. The van der Waals surface area contributed by atoms with E-state index in [1.165, 1.54) is 0 Å². The van der Waals surface area contributed by atoms with E-state index in [1.807, 2.05) is 13.8 Å². The molecule has 2 atom stereocenters. The molecule has 0 amide bonds. The Hall–Kier alpha value is -0.570. The molecule has 0 aromatic rings. The lowest BCUT2D eigenvalue weighted by molar-refractivity contribution is -0.152. The highest BCUT2D eigenvalue weighted by Crippen LogP contribution is 2.04. The number of carbonyl (C=O) groups is 1. The number of nitrogens with two attached hydrogens (primary N) is 1. The van der Waals surface area contributed by atoms with Crippen LogP contribution >= 0.6 is 0 Å². The molecule has 66 valence electrons. The number of carbonyl (C=O) groups excluding carboxylic acids is 1. The highest BCUT2D eigenvalue weighted by molar-refractivity contribution is 5.72. The Kier molecular flexibility index (Phi) is 4.11. The zero-order valence-electron chi connectivity index (χ0n) is 7.63. The smallest absolute Gasteiger partial charge is 0.310 e. The SMILES string of the molecule is CC(C)OC(=O)C(C)C(C)N. The average Bonchev–Trinajstić information content (AvgIpc) is 1.84. The molecule has 0 radical (unpaired) electrons. The second-order valence-electron chi connectivity index (χ2n) is 3.13. The van der Waals surface area contributed by atoms with Gasteiger partial charge in [-0.15, -0.1) is 0 Å². The lowest BCUT2D eigenvalue weighted by Crippen LogP contribution is -2.32. The van der Waals surface area contributed by atoms with Crippen LogP contribution in [0.1, 0.15) is 27.7 Å². The third-order valence-electron chi connectivity index (χ3n) is 1.51. The Labute approximate surface area is 67.9 Å². The Morgan fingerprint density at radius 2 is 1.73 bits per heavy atom. The third kappa shape index (κ3) is 3.98. The van der Waals surface area contributed by atoms with Crippen LogP contribution in [0.3, 0.4) is 0 Å². The van der Waals surface area contributed by atoms with Gasteiger partial charge in [-0.2, -0.15) is 0 Å². The molecule has 0 aliphatic carbocycles. The van der Waals surface area contributed by atoms with Crippen LogP contribution in [-0.2, 0) is 9.53 Å². The van der Waals surface area contributed by atoms with Crippen molar-refractivity contribution in [2.24, 2.45) is 11.7 Å². The summed E-state index contributed by atoms with van der Waals surface area (Å²) >= 11 is 0. The summed E-state index contributed by atoms with van der Waals surface area (Å²) in [7, 11) is 0. The van der Waals surface area contributed by atoms with E-state index < -0.39 is 0 Å². The van der Waals surface area contributed by atoms with Gasteiger partial charge in [-0.05, 0) is 20.8 Å². The molecule has 3 heteroatoms. The van der Waals surface area contributed by atoms with Crippen LogP contribution in [0.25, 0.3) is 0 Å². The highest BCUT2D eigenvalue weighted by Gasteiger charge is 2.18. The second kappa shape index (κ2) is 4.34. The number of hydrogen-bond donors (Lipinski definition) is 1. The van der Waals surface area contributed by atoms with Crippen LogP contribution < -0.4 is 5.73 Å². The summed E-state index contributed by atoms with van der Waals surface area (Å²) in [5.41, 5.74) is 5.51. The first-order valence-corrected chi connectivity index (χ1v) is 3.91. The van der Waals surface area contributed by atoms with Crippen molar-refractivity contribution in [1.29, 1.82) is 0 Å². The summed E-state index contributed by atoms with van der Waals surface area (Å²) in [6, 6.07) is -0.138. The number of esters is 1. The summed E-state index contributed by atoms with van der Waals surface area (Å²) in [5.74, 6) is -0.424. The summed E-state index contributed by atoms with van der Waals surface area (Å²) in [5, 5.41) is 0. The van der Waals surface area contributed by atoms with Gasteiger partial charge < -0.3 is 10.5 Å². The summed E-state index contributed by atoms with van der Waals surface area (Å²) in [6.07, 6.45) is -0.0521. The molecular formula is C8H17NO2. The quantitative estimate of drug-likeness (QED) is 0.623. The molecule has 0 aromatic heterocycles. The molecule has 0 rings (SSSR count). The van der Waals surface area contributed by atoms with Crippen molar-refractivity contribution in [1.82, 2.24) is 0 Å². The van der Waals surface area contributed by atoms with E-state index in [4.69, 9.17) is 10.5 Å². The summed E-state index contributed by atoms with van der Waals surface area (Å²) in [4.78, 5) is 11.1. The van der Waals surface area contributed by atoms with Gasteiger partial charge in [0.1, 0.15) is 0 Å². The molecule has 0 spiro atoms. The molecule has 2 unspecified atom stereocenters. The van der Waals surface area contributed by atoms with Crippen molar-refractivity contribution in [3.8, 4) is 0 Å². The van der Waals surface area contributed by atoms with Crippen LogP contribution in [0.15, 0.2) is 0 Å². The van der Waals surface area contributed by atoms with Crippen molar-refractivity contribution >= 4 is 5.97 Å². The number of ether oxygens (including phenoxy) is 1. The summed E-state index contributed by atoms with van der Waals surface area (Å²) < 4.78 is 4.95. The maximum atomic E-state index is 11.1. The Morgan fingerprint density at radius 1 is 1.27 bits per heavy atom. The van der Waals surface area contributed by atoms with Gasteiger partial charge in [0.15, 0.2) is 0 Å². The van der Waals surface area contributed by atoms with E-state index in [1.54, 1.807) is 13.8 Å². The first kappa shape index (κ1) is 10.4. The summed E-state index contributed by atoms with van der Waals surface area (Å²) in [6.45, 7) is 7.22. The third-order valence-corrected chi connectivity index (χ3v) is 1.51. The Balaban J connectivity index is 3.83. The molecule has 0 saturated heterocycles. The lowest BCUT2D eigenvalue weighted by Gasteiger charge is -2.16. The van der Waals surface area contributed by atoms with Gasteiger partial charge in [0.2, 0.25) is 0 Å². The van der Waals surface area contributed by atoms with E-state index in [2.05, 4.69) is 0 Å². The molecule has 2 N–H and O–H groups in total. The molecule has 0 heterocycles. The van der Waals surface area contributed by atoms with Crippen LogP contribution in [0.2, 0.25) is 0 Å². The van der Waals surface area contributed by atoms with Gasteiger partial charge in [-0.25, -0.2) is 0 Å². The van der Waals surface area contributed by atoms with Gasteiger partial charge in [-0.1, -0.05) is 6.92 Å². The number of rotatable bonds is 3. The van der Waals surface area contributed by atoms with Gasteiger partial charge in [-0.3, -0.25) is 4.79 Å². The van der Waals surface area contributed by atoms with E-state index in [0.717, 1.165) is 0 Å². The largest absolute Gasteiger partial charge is 0.463 e. The van der Waals surface area contributed by atoms with Gasteiger partial charge >= 0.3 is 5.97 Å². The van der Waals surface area contributed by atoms with Crippen molar-refractivity contribution < 1.29 is 9.53 Å². The first-order chi connectivity index (χ1) is 4.95. The zero-order chi connectivity index (χ0) is 9.02. The molecule has 11 heavy (non-hydrogen) atoms. The lowest BCUT2D eigenvalue weighted by atomic mass is 10.1. The van der Waals surface area contributed by atoms with Crippen LogP contribution in [0, 0.1) is 5.92 Å². The Morgan fingerprint density at radius 3 is 2.00 bits per heavy atom. The average molecular weight is 159 g/mol. The maximum absolute atomic E-state index is 11.1. The predicted octanol–water partition coefficient (Wildman–Crippen LogP) is 0.921. The standard InChI is InChI=1S/C8H17NO2/c1-5(2)11-8(10)6(3)7(4)9/h5-7H,9H2,1-4H3. The van der Waals surface area contributed by atoms with Gasteiger partial charge in [0, 0.05) is 6.04 Å². The van der Waals surface area contributed by atoms with Crippen LogP contribution in [-0.4, -0.2) is 18.1 Å². The highest BCUT2D eigenvalue weighted by atomic mass is 16.5. The minimum Gasteiger partial charge on any atom is -0.463 e. The second-order valence-corrected chi connectivity index (χ2v) is 3.13. The van der Waals surface area contributed by atoms with Gasteiger partial charge in [0.25, 0.3) is 0 Å². The van der Waals surface area contributed by atoms with E-state index >= 15 is 0 Å². The fourth-order valence-corrected chi connectivity index (χ4v) is 0.554. The molecular weight excluding hydrogens is 142 g/mol. The van der Waals surface area contributed by atoms with E-state index in [0.29, 0.717) is 0 Å². The maximum Gasteiger partial charge on any atom is 0.310 e. The molecule has 0 aliphatic rings. The van der Waals surface area contributed by atoms with Gasteiger partial charge in [0.05, 0.1) is 12.0 Å². The predicted molar refractivity (Wildman–Crippen MR) is 44.0 cm³/mol.